The van der Waals surface area contributed by atoms with Crippen LogP contribution < -0.4 is 10.1 Å². The van der Waals surface area contributed by atoms with E-state index < -0.39 is 0 Å². The van der Waals surface area contributed by atoms with Gasteiger partial charge in [-0.1, -0.05) is 30.3 Å². The van der Waals surface area contributed by atoms with Gasteiger partial charge >= 0.3 is 0 Å². The predicted octanol–water partition coefficient (Wildman–Crippen LogP) is 3.77. The third-order valence-corrected chi connectivity index (χ3v) is 4.61. The summed E-state index contributed by atoms with van der Waals surface area (Å²) in [7, 11) is 0. The highest BCUT2D eigenvalue weighted by Gasteiger charge is 2.17. The van der Waals surface area contributed by atoms with E-state index in [1.54, 1.807) is 12.5 Å². The Hall–Kier alpha value is -2.79. The summed E-state index contributed by atoms with van der Waals surface area (Å²) in [6, 6.07) is 13.9. The molecule has 1 aliphatic rings. The Balaban J connectivity index is 1.51. The summed E-state index contributed by atoms with van der Waals surface area (Å²) in [4.78, 5) is 12.1. The fraction of sp³-hybridized carbons (Fsp3) is 0.286. The molecular formula is C21H21NO4. The SMILES string of the molecule is O=C(COc1ccc2ccccc2c1-c1ccoc1)NCC1CCCO1. The number of ether oxygens (including phenoxy) is 2. The van der Waals surface area contributed by atoms with E-state index in [9.17, 15) is 4.79 Å². The fourth-order valence-corrected chi connectivity index (χ4v) is 3.30. The number of furan rings is 1. The number of amides is 1. The lowest BCUT2D eigenvalue weighted by Gasteiger charge is -2.14. The van der Waals surface area contributed by atoms with Crippen LogP contribution in [0.1, 0.15) is 12.8 Å². The van der Waals surface area contributed by atoms with Gasteiger partial charge < -0.3 is 19.2 Å². The number of hydrogen-bond acceptors (Lipinski definition) is 4. The first-order valence-corrected chi connectivity index (χ1v) is 8.87. The lowest BCUT2D eigenvalue weighted by Crippen LogP contribution is -2.35. The quantitative estimate of drug-likeness (QED) is 0.734. The second-order valence-corrected chi connectivity index (χ2v) is 6.40. The van der Waals surface area contributed by atoms with Crippen molar-refractivity contribution < 1.29 is 18.7 Å². The Bertz CT molecular complexity index is 882. The van der Waals surface area contributed by atoms with Crippen molar-refractivity contribution >= 4 is 16.7 Å². The molecule has 0 spiro atoms. The third kappa shape index (κ3) is 3.58. The van der Waals surface area contributed by atoms with Gasteiger partial charge in [0.15, 0.2) is 6.61 Å². The number of rotatable bonds is 6. The molecule has 2 heterocycles. The zero-order chi connectivity index (χ0) is 17.8. The monoisotopic (exact) mass is 351 g/mol. The van der Waals surface area contributed by atoms with Crippen molar-refractivity contribution in [2.75, 3.05) is 19.8 Å². The largest absolute Gasteiger partial charge is 0.483 e. The molecule has 1 amide bonds. The summed E-state index contributed by atoms with van der Waals surface area (Å²) in [5.41, 5.74) is 1.86. The summed E-state index contributed by atoms with van der Waals surface area (Å²) in [6.45, 7) is 1.28. The Labute approximate surface area is 151 Å². The van der Waals surface area contributed by atoms with Gasteiger partial charge in [0.25, 0.3) is 5.91 Å². The minimum Gasteiger partial charge on any atom is -0.483 e. The molecule has 5 nitrogen and oxygen atoms in total. The van der Waals surface area contributed by atoms with Crippen LogP contribution in [0.25, 0.3) is 21.9 Å². The molecular weight excluding hydrogens is 330 g/mol. The molecule has 1 saturated heterocycles. The van der Waals surface area contributed by atoms with Crippen molar-refractivity contribution in [2.24, 2.45) is 0 Å². The molecule has 0 aliphatic carbocycles. The van der Waals surface area contributed by atoms with Gasteiger partial charge in [-0.2, -0.15) is 0 Å². The van der Waals surface area contributed by atoms with Crippen molar-refractivity contribution in [1.82, 2.24) is 5.32 Å². The van der Waals surface area contributed by atoms with Crippen molar-refractivity contribution in [2.45, 2.75) is 18.9 Å². The summed E-state index contributed by atoms with van der Waals surface area (Å²) in [6.07, 6.45) is 5.50. The second kappa shape index (κ2) is 7.62. The van der Waals surface area contributed by atoms with Crippen molar-refractivity contribution in [1.29, 1.82) is 0 Å². The summed E-state index contributed by atoms with van der Waals surface area (Å²) >= 11 is 0. The van der Waals surface area contributed by atoms with Gasteiger partial charge in [-0.3, -0.25) is 4.79 Å². The van der Waals surface area contributed by atoms with Gasteiger partial charge in [-0.15, -0.1) is 0 Å². The maximum absolute atomic E-state index is 12.1. The lowest BCUT2D eigenvalue weighted by molar-refractivity contribution is -0.123. The first kappa shape index (κ1) is 16.7. The molecule has 1 aromatic heterocycles. The van der Waals surface area contributed by atoms with Crippen LogP contribution in [0.3, 0.4) is 0 Å². The van der Waals surface area contributed by atoms with Crippen LogP contribution in [0.15, 0.2) is 59.4 Å². The molecule has 26 heavy (non-hydrogen) atoms. The molecule has 1 atom stereocenters. The number of fused-ring (bicyclic) bond motifs is 1. The molecule has 1 aliphatic heterocycles. The predicted molar refractivity (Wildman–Crippen MR) is 99.1 cm³/mol. The van der Waals surface area contributed by atoms with E-state index in [2.05, 4.69) is 11.4 Å². The molecule has 0 radical (unpaired) electrons. The number of nitrogens with one attached hydrogen (secondary N) is 1. The summed E-state index contributed by atoms with van der Waals surface area (Å²) in [5.74, 6) is 0.518. The highest BCUT2D eigenvalue weighted by Crippen LogP contribution is 2.37. The van der Waals surface area contributed by atoms with Gasteiger partial charge in [0, 0.05) is 24.3 Å². The highest BCUT2D eigenvalue weighted by molar-refractivity contribution is 5.99. The van der Waals surface area contributed by atoms with Gasteiger partial charge in [0.2, 0.25) is 0 Å². The molecule has 2 aromatic carbocycles. The average molecular weight is 351 g/mol. The number of hydrogen-bond donors (Lipinski definition) is 1. The normalized spacial score (nSPS) is 16.7. The lowest BCUT2D eigenvalue weighted by atomic mass is 9.99. The van der Waals surface area contributed by atoms with Gasteiger partial charge in [0.1, 0.15) is 5.75 Å². The van der Waals surface area contributed by atoms with Gasteiger partial charge in [-0.05, 0) is 35.7 Å². The molecule has 0 saturated carbocycles. The Morgan fingerprint density at radius 2 is 2.12 bits per heavy atom. The molecule has 1 fully saturated rings. The summed E-state index contributed by atoms with van der Waals surface area (Å²) < 4.78 is 16.6. The van der Waals surface area contributed by atoms with Crippen molar-refractivity contribution in [3.8, 4) is 16.9 Å². The molecule has 1 N–H and O–H groups in total. The number of carbonyl (C=O) groups is 1. The highest BCUT2D eigenvalue weighted by atomic mass is 16.5. The smallest absolute Gasteiger partial charge is 0.258 e. The maximum Gasteiger partial charge on any atom is 0.258 e. The van der Waals surface area contributed by atoms with Crippen molar-refractivity contribution in [3.05, 3.63) is 55.0 Å². The first-order chi connectivity index (χ1) is 12.8. The number of carbonyl (C=O) groups excluding carboxylic acids is 1. The zero-order valence-corrected chi connectivity index (χ0v) is 14.4. The molecule has 1 unspecified atom stereocenters. The first-order valence-electron chi connectivity index (χ1n) is 8.87. The molecule has 134 valence electrons. The van der Waals surface area contributed by atoms with E-state index in [1.807, 2.05) is 36.4 Å². The van der Waals surface area contributed by atoms with E-state index in [1.165, 1.54) is 0 Å². The van der Waals surface area contributed by atoms with Crippen LogP contribution >= 0.6 is 0 Å². The van der Waals surface area contributed by atoms with E-state index in [-0.39, 0.29) is 18.6 Å². The number of benzene rings is 2. The third-order valence-electron chi connectivity index (χ3n) is 4.61. The minimum absolute atomic E-state index is 0.0318. The standard InChI is InChI=1S/C21H21NO4/c23-20(22-12-17-5-3-10-25-17)14-26-19-8-7-15-4-1-2-6-18(15)21(19)16-9-11-24-13-16/h1-2,4,6-9,11,13,17H,3,5,10,12,14H2,(H,22,23). The van der Waals surface area contributed by atoms with Crippen LogP contribution in [-0.2, 0) is 9.53 Å². The van der Waals surface area contributed by atoms with Crippen molar-refractivity contribution in [3.63, 3.8) is 0 Å². The van der Waals surface area contributed by atoms with Crippen LogP contribution in [0.5, 0.6) is 5.75 Å². The molecule has 0 bridgehead atoms. The molecule has 3 aromatic rings. The van der Waals surface area contributed by atoms with Gasteiger partial charge in [-0.25, -0.2) is 0 Å². The van der Waals surface area contributed by atoms with E-state index in [0.29, 0.717) is 12.3 Å². The van der Waals surface area contributed by atoms with Crippen LogP contribution in [-0.4, -0.2) is 31.8 Å². The van der Waals surface area contributed by atoms with Crippen LogP contribution in [0.4, 0.5) is 0 Å². The molecule has 5 heteroatoms. The Morgan fingerprint density at radius 1 is 1.19 bits per heavy atom. The maximum atomic E-state index is 12.1. The second-order valence-electron chi connectivity index (χ2n) is 6.40. The van der Waals surface area contributed by atoms with E-state index in [0.717, 1.165) is 41.3 Å². The zero-order valence-electron chi connectivity index (χ0n) is 14.4. The molecule has 4 rings (SSSR count). The van der Waals surface area contributed by atoms with E-state index in [4.69, 9.17) is 13.9 Å². The Morgan fingerprint density at radius 3 is 2.92 bits per heavy atom. The summed E-state index contributed by atoms with van der Waals surface area (Å²) in [5, 5.41) is 5.05. The van der Waals surface area contributed by atoms with E-state index >= 15 is 0 Å². The average Bonchev–Trinajstić information content (AvgIpc) is 3.38. The van der Waals surface area contributed by atoms with Crippen LogP contribution in [0.2, 0.25) is 0 Å². The Kier molecular flexibility index (Phi) is 4.88. The minimum atomic E-state index is -0.146. The fourth-order valence-electron chi connectivity index (χ4n) is 3.30. The topological polar surface area (TPSA) is 60.7 Å². The van der Waals surface area contributed by atoms with Crippen LogP contribution in [0, 0.1) is 0 Å². The van der Waals surface area contributed by atoms with Gasteiger partial charge in [0.05, 0.1) is 18.6 Å².